The summed E-state index contributed by atoms with van der Waals surface area (Å²) in [5.74, 6) is -0.345. The lowest BCUT2D eigenvalue weighted by atomic mass is 10.0. The van der Waals surface area contributed by atoms with Gasteiger partial charge in [0.25, 0.3) is 0 Å². The molecule has 0 aliphatic carbocycles. The average molecular weight is 364 g/mol. The maximum atomic E-state index is 12.6. The first-order valence-corrected chi connectivity index (χ1v) is 8.27. The van der Waals surface area contributed by atoms with Crippen LogP contribution in [0.5, 0.6) is 0 Å². The van der Waals surface area contributed by atoms with Crippen LogP contribution in [0.15, 0.2) is 48.5 Å². The minimum Gasteiger partial charge on any atom is -0.447 e. The van der Waals surface area contributed by atoms with Crippen LogP contribution in [0.3, 0.4) is 0 Å². The van der Waals surface area contributed by atoms with Gasteiger partial charge in [0, 0.05) is 0 Å². The van der Waals surface area contributed by atoms with Crippen molar-refractivity contribution in [3.8, 4) is 0 Å². The Balaban J connectivity index is 1.76. The summed E-state index contributed by atoms with van der Waals surface area (Å²) >= 11 is 12.1. The van der Waals surface area contributed by atoms with E-state index in [1.807, 2.05) is 30.3 Å². The quantitative estimate of drug-likeness (QED) is 0.820. The number of rotatable bonds is 4. The van der Waals surface area contributed by atoms with Crippen LogP contribution in [0.4, 0.5) is 4.79 Å². The zero-order valence-corrected chi connectivity index (χ0v) is 14.3. The van der Waals surface area contributed by atoms with Crippen molar-refractivity contribution >= 4 is 35.2 Å². The Bertz CT molecular complexity index is 764. The van der Waals surface area contributed by atoms with Gasteiger partial charge in [-0.2, -0.15) is 0 Å². The second-order valence-electron chi connectivity index (χ2n) is 5.57. The molecule has 1 saturated heterocycles. The van der Waals surface area contributed by atoms with E-state index in [1.165, 1.54) is 4.90 Å². The summed E-state index contributed by atoms with van der Waals surface area (Å²) in [6, 6.07) is 14.5. The highest BCUT2D eigenvalue weighted by molar-refractivity contribution is 6.42. The van der Waals surface area contributed by atoms with Gasteiger partial charge >= 0.3 is 6.09 Å². The van der Waals surface area contributed by atoms with E-state index in [4.69, 9.17) is 27.9 Å². The van der Waals surface area contributed by atoms with Crippen molar-refractivity contribution in [3.05, 3.63) is 69.7 Å². The fourth-order valence-electron chi connectivity index (χ4n) is 2.74. The zero-order chi connectivity index (χ0) is 17.1. The Morgan fingerprint density at radius 3 is 2.62 bits per heavy atom. The van der Waals surface area contributed by atoms with Crippen LogP contribution in [0, 0.1) is 0 Å². The van der Waals surface area contributed by atoms with Gasteiger partial charge in [-0.15, -0.1) is 0 Å². The lowest BCUT2D eigenvalue weighted by Crippen LogP contribution is -2.41. The van der Waals surface area contributed by atoms with Crippen molar-refractivity contribution in [2.24, 2.45) is 0 Å². The van der Waals surface area contributed by atoms with Gasteiger partial charge in [-0.1, -0.05) is 65.7 Å². The Morgan fingerprint density at radius 1 is 1.12 bits per heavy atom. The molecule has 0 spiro atoms. The number of hydrogen-bond donors (Lipinski definition) is 0. The normalized spacial score (nSPS) is 17.0. The van der Waals surface area contributed by atoms with Crippen molar-refractivity contribution in [1.29, 1.82) is 0 Å². The van der Waals surface area contributed by atoms with Crippen molar-refractivity contribution in [2.45, 2.75) is 18.9 Å². The number of cyclic esters (lactones) is 1. The van der Waals surface area contributed by atoms with E-state index in [9.17, 15) is 9.59 Å². The summed E-state index contributed by atoms with van der Waals surface area (Å²) in [6.45, 7) is 0.197. The molecule has 3 rings (SSSR count). The van der Waals surface area contributed by atoms with Crippen molar-refractivity contribution in [2.75, 3.05) is 6.61 Å². The SMILES string of the molecule is O=C(Cc1cccc(Cl)c1Cl)N1C(=O)OCC1Cc1ccccc1. The Hall–Kier alpha value is -2.04. The second kappa shape index (κ2) is 7.24. The standard InChI is InChI=1S/C18H15Cl2NO3/c19-15-8-4-7-13(17(15)20)10-16(22)21-14(11-24-18(21)23)9-12-5-2-1-3-6-12/h1-8,14H,9-11H2. The van der Waals surface area contributed by atoms with Crippen molar-refractivity contribution < 1.29 is 14.3 Å². The van der Waals surface area contributed by atoms with Gasteiger partial charge in [-0.3, -0.25) is 4.79 Å². The molecule has 4 nitrogen and oxygen atoms in total. The summed E-state index contributed by atoms with van der Waals surface area (Å²) in [6.07, 6.45) is -0.0550. The molecule has 1 aliphatic rings. The molecule has 1 unspecified atom stereocenters. The first-order chi connectivity index (χ1) is 11.6. The molecule has 0 N–H and O–H groups in total. The maximum Gasteiger partial charge on any atom is 0.416 e. The van der Waals surface area contributed by atoms with Crippen LogP contribution >= 0.6 is 23.2 Å². The number of halogens is 2. The Kier molecular flexibility index (Phi) is 5.07. The monoisotopic (exact) mass is 363 g/mol. The van der Waals surface area contributed by atoms with Gasteiger partial charge in [-0.05, 0) is 23.6 Å². The van der Waals surface area contributed by atoms with Gasteiger partial charge in [0.2, 0.25) is 5.91 Å². The summed E-state index contributed by atoms with van der Waals surface area (Å²) in [5, 5.41) is 0.714. The second-order valence-corrected chi connectivity index (χ2v) is 6.36. The van der Waals surface area contributed by atoms with Crippen LogP contribution < -0.4 is 0 Å². The van der Waals surface area contributed by atoms with E-state index in [-0.39, 0.29) is 25.0 Å². The number of imide groups is 1. The minimum absolute atomic E-state index is 0.000215. The highest BCUT2D eigenvalue weighted by Gasteiger charge is 2.37. The topological polar surface area (TPSA) is 46.6 Å². The largest absolute Gasteiger partial charge is 0.447 e. The molecule has 2 aromatic rings. The number of carbonyl (C=O) groups is 2. The van der Waals surface area contributed by atoms with E-state index < -0.39 is 6.09 Å². The number of hydrogen-bond acceptors (Lipinski definition) is 3. The van der Waals surface area contributed by atoms with E-state index in [1.54, 1.807) is 18.2 Å². The van der Waals surface area contributed by atoms with Gasteiger partial charge in [0.15, 0.2) is 0 Å². The van der Waals surface area contributed by atoms with Gasteiger partial charge in [0.05, 0.1) is 22.5 Å². The summed E-state index contributed by atoms with van der Waals surface area (Å²) in [4.78, 5) is 25.8. The highest BCUT2D eigenvalue weighted by Crippen LogP contribution is 2.27. The molecule has 0 saturated carbocycles. The van der Waals surface area contributed by atoms with Gasteiger partial charge in [-0.25, -0.2) is 9.69 Å². The Labute approximate surface area is 149 Å². The molecule has 1 atom stereocenters. The number of benzene rings is 2. The maximum absolute atomic E-state index is 12.6. The summed E-state index contributed by atoms with van der Waals surface area (Å²) in [7, 11) is 0. The van der Waals surface area contributed by atoms with Crippen LogP contribution in [-0.2, 0) is 22.4 Å². The first kappa shape index (κ1) is 16.8. The fraction of sp³-hybridized carbons (Fsp3) is 0.222. The molecule has 0 radical (unpaired) electrons. The molecule has 124 valence electrons. The third kappa shape index (κ3) is 3.55. The van der Waals surface area contributed by atoms with E-state index in [0.29, 0.717) is 22.0 Å². The average Bonchev–Trinajstić information content (AvgIpc) is 2.93. The number of nitrogens with zero attached hydrogens (tertiary/aromatic N) is 1. The van der Waals surface area contributed by atoms with Crippen LogP contribution in [0.2, 0.25) is 10.0 Å². The van der Waals surface area contributed by atoms with Crippen molar-refractivity contribution in [3.63, 3.8) is 0 Å². The van der Waals surface area contributed by atoms with Crippen LogP contribution in [-0.4, -0.2) is 29.5 Å². The van der Waals surface area contributed by atoms with E-state index in [2.05, 4.69) is 0 Å². The molecule has 1 fully saturated rings. The fourth-order valence-corrected chi connectivity index (χ4v) is 3.12. The molecule has 2 aromatic carbocycles. The lowest BCUT2D eigenvalue weighted by Gasteiger charge is -2.20. The third-order valence-electron chi connectivity index (χ3n) is 3.92. The predicted molar refractivity (Wildman–Crippen MR) is 92.3 cm³/mol. The third-order valence-corrected chi connectivity index (χ3v) is 4.78. The molecular weight excluding hydrogens is 349 g/mol. The lowest BCUT2D eigenvalue weighted by molar-refractivity contribution is -0.128. The number of carbonyl (C=O) groups excluding carboxylic acids is 2. The van der Waals surface area contributed by atoms with E-state index in [0.717, 1.165) is 5.56 Å². The smallest absolute Gasteiger partial charge is 0.416 e. The van der Waals surface area contributed by atoms with Gasteiger partial charge < -0.3 is 4.74 Å². The van der Waals surface area contributed by atoms with Crippen LogP contribution in [0.25, 0.3) is 0 Å². The van der Waals surface area contributed by atoms with Crippen LogP contribution in [0.1, 0.15) is 11.1 Å². The zero-order valence-electron chi connectivity index (χ0n) is 12.7. The summed E-state index contributed by atoms with van der Waals surface area (Å²) < 4.78 is 5.07. The molecular formula is C18H15Cl2NO3. The molecule has 6 heteroatoms. The minimum atomic E-state index is -0.612. The molecule has 2 amide bonds. The molecule has 0 bridgehead atoms. The number of ether oxygens (including phenoxy) is 1. The number of amides is 2. The first-order valence-electron chi connectivity index (χ1n) is 7.52. The highest BCUT2D eigenvalue weighted by atomic mass is 35.5. The Morgan fingerprint density at radius 2 is 1.88 bits per heavy atom. The molecule has 0 aromatic heterocycles. The van der Waals surface area contributed by atoms with Crippen molar-refractivity contribution in [1.82, 2.24) is 4.90 Å². The molecule has 24 heavy (non-hydrogen) atoms. The van der Waals surface area contributed by atoms with Gasteiger partial charge in [0.1, 0.15) is 6.61 Å². The summed E-state index contributed by atoms with van der Waals surface area (Å²) in [5.41, 5.74) is 1.63. The molecule has 1 aliphatic heterocycles. The van der Waals surface area contributed by atoms with E-state index >= 15 is 0 Å². The molecule has 1 heterocycles. The predicted octanol–water partition coefficient (Wildman–Crippen LogP) is 4.13.